The highest BCUT2D eigenvalue weighted by atomic mass is 16.5. The Morgan fingerprint density at radius 3 is 2.52 bits per heavy atom. The molecule has 0 aliphatic carbocycles. The molecule has 0 aromatic heterocycles. The minimum atomic E-state index is -0.137. The lowest BCUT2D eigenvalue weighted by Gasteiger charge is -2.35. The van der Waals surface area contributed by atoms with E-state index in [2.05, 4.69) is 78.7 Å². The maximum absolute atomic E-state index is 9.42. The Bertz CT molecular complexity index is 1130. The summed E-state index contributed by atoms with van der Waals surface area (Å²) in [7, 11) is 0. The van der Waals surface area contributed by atoms with Gasteiger partial charge < -0.3 is 15.2 Å². The summed E-state index contributed by atoms with van der Waals surface area (Å²) in [6.45, 7) is 9.70. The lowest BCUT2D eigenvalue weighted by molar-refractivity contribution is 0.0000405. The predicted molar refractivity (Wildman–Crippen MR) is 135 cm³/mol. The van der Waals surface area contributed by atoms with Gasteiger partial charge in [0, 0.05) is 26.2 Å². The first-order valence-electron chi connectivity index (χ1n) is 12.2. The summed E-state index contributed by atoms with van der Waals surface area (Å²) < 4.78 is 6.17. The molecule has 172 valence electrons. The highest BCUT2D eigenvalue weighted by Crippen LogP contribution is 2.36. The Morgan fingerprint density at radius 1 is 0.939 bits per heavy atom. The van der Waals surface area contributed by atoms with Crippen LogP contribution >= 0.6 is 0 Å². The number of nitrogens with zero attached hydrogens (tertiary/aromatic N) is 1. The van der Waals surface area contributed by atoms with Gasteiger partial charge in [-0.3, -0.25) is 4.90 Å². The number of benzene rings is 3. The zero-order chi connectivity index (χ0) is 22.8. The number of aliphatic hydroxyl groups is 1. The molecule has 0 unspecified atom stereocenters. The second-order valence-electron chi connectivity index (χ2n) is 9.43. The van der Waals surface area contributed by atoms with Gasteiger partial charge in [0.15, 0.2) is 0 Å². The van der Waals surface area contributed by atoms with Gasteiger partial charge >= 0.3 is 0 Å². The number of fused-ring (bicyclic) bond motifs is 1. The van der Waals surface area contributed by atoms with Crippen LogP contribution in [0.15, 0.2) is 54.6 Å². The fourth-order valence-corrected chi connectivity index (χ4v) is 5.14. The number of likely N-dealkylation sites (tertiary alicyclic amines) is 1. The normalized spacial score (nSPS) is 16.3. The van der Waals surface area contributed by atoms with E-state index in [0.717, 1.165) is 51.3 Å². The molecule has 0 amide bonds. The average Bonchev–Trinajstić information content (AvgIpc) is 2.81. The number of hydrogen-bond donors (Lipinski definition) is 2. The van der Waals surface area contributed by atoms with Gasteiger partial charge in [0.05, 0.1) is 12.7 Å². The maximum atomic E-state index is 9.42. The summed E-state index contributed by atoms with van der Waals surface area (Å²) >= 11 is 0. The zero-order valence-electron chi connectivity index (χ0n) is 19.7. The molecular weight excluding hydrogens is 408 g/mol. The zero-order valence-corrected chi connectivity index (χ0v) is 19.7. The van der Waals surface area contributed by atoms with E-state index < -0.39 is 0 Å². The van der Waals surface area contributed by atoms with Crippen molar-refractivity contribution in [3.8, 4) is 28.0 Å². The molecule has 33 heavy (non-hydrogen) atoms. The SMILES string of the molecule is Cc1c(OCCCN2CC(O)C2)cccc1-c1cccc(-c2ccc3c(c2)CCNC3)c1C. The molecule has 1 saturated heterocycles. The van der Waals surface area contributed by atoms with Crippen molar-refractivity contribution >= 4 is 0 Å². The van der Waals surface area contributed by atoms with E-state index in [9.17, 15) is 5.11 Å². The standard InChI is InChI=1S/C29H34N2O2/c1-20-26(23-10-11-24-17-30-13-12-22(24)16-23)6-3-7-27(20)28-8-4-9-29(21(28)2)33-15-5-14-31-18-25(32)19-31/h3-4,6-11,16,25,30,32H,5,12-15,17-19H2,1-2H3. The largest absolute Gasteiger partial charge is 0.493 e. The molecule has 2 N–H and O–H groups in total. The van der Waals surface area contributed by atoms with Gasteiger partial charge in [-0.1, -0.05) is 48.5 Å². The van der Waals surface area contributed by atoms with E-state index in [0.29, 0.717) is 6.61 Å². The van der Waals surface area contributed by atoms with E-state index in [1.807, 2.05) is 0 Å². The van der Waals surface area contributed by atoms with Crippen LogP contribution in [0.25, 0.3) is 22.3 Å². The first-order valence-corrected chi connectivity index (χ1v) is 12.2. The molecule has 0 atom stereocenters. The Labute approximate surface area is 197 Å². The lowest BCUT2D eigenvalue weighted by atomic mass is 9.89. The summed E-state index contributed by atoms with van der Waals surface area (Å²) in [5.74, 6) is 0.960. The van der Waals surface area contributed by atoms with E-state index >= 15 is 0 Å². The molecule has 3 aromatic carbocycles. The third kappa shape index (κ3) is 4.70. The second-order valence-corrected chi connectivity index (χ2v) is 9.43. The van der Waals surface area contributed by atoms with Gasteiger partial charge in [0.1, 0.15) is 5.75 Å². The number of rotatable bonds is 7. The Kier molecular flexibility index (Phi) is 6.50. The predicted octanol–water partition coefficient (Wildman–Crippen LogP) is 4.73. The molecule has 3 aromatic rings. The van der Waals surface area contributed by atoms with Gasteiger partial charge in [0.25, 0.3) is 0 Å². The number of hydrogen-bond acceptors (Lipinski definition) is 4. The first kappa shape index (κ1) is 22.1. The van der Waals surface area contributed by atoms with Crippen LogP contribution in [0, 0.1) is 13.8 Å². The van der Waals surface area contributed by atoms with Crippen LogP contribution in [0.4, 0.5) is 0 Å². The Morgan fingerprint density at radius 2 is 1.70 bits per heavy atom. The van der Waals surface area contributed by atoms with Crippen molar-refractivity contribution in [1.29, 1.82) is 0 Å². The van der Waals surface area contributed by atoms with Crippen molar-refractivity contribution in [2.75, 3.05) is 32.8 Å². The third-order valence-corrected chi connectivity index (χ3v) is 7.13. The van der Waals surface area contributed by atoms with Crippen molar-refractivity contribution in [1.82, 2.24) is 10.2 Å². The fourth-order valence-electron chi connectivity index (χ4n) is 5.14. The molecule has 4 nitrogen and oxygen atoms in total. The molecule has 0 bridgehead atoms. The molecule has 0 saturated carbocycles. The smallest absolute Gasteiger partial charge is 0.122 e. The molecule has 4 heteroatoms. The molecule has 5 rings (SSSR count). The van der Waals surface area contributed by atoms with Crippen LogP contribution in [0.1, 0.15) is 28.7 Å². The number of nitrogens with one attached hydrogen (secondary N) is 1. The summed E-state index contributed by atoms with van der Waals surface area (Å²) in [5, 5.41) is 12.9. The van der Waals surface area contributed by atoms with Gasteiger partial charge in [0.2, 0.25) is 0 Å². The van der Waals surface area contributed by atoms with Crippen LogP contribution in [0.3, 0.4) is 0 Å². The topological polar surface area (TPSA) is 44.7 Å². The maximum Gasteiger partial charge on any atom is 0.122 e. The van der Waals surface area contributed by atoms with Crippen LogP contribution < -0.4 is 10.1 Å². The van der Waals surface area contributed by atoms with Gasteiger partial charge in [-0.25, -0.2) is 0 Å². The summed E-state index contributed by atoms with van der Waals surface area (Å²) in [5.41, 5.74) is 10.5. The van der Waals surface area contributed by atoms with Crippen LogP contribution in [0.2, 0.25) is 0 Å². The highest BCUT2D eigenvalue weighted by Gasteiger charge is 2.23. The lowest BCUT2D eigenvalue weighted by Crippen LogP contribution is -2.50. The molecular formula is C29H34N2O2. The van der Waals surface area contributed by atoms with Crippen molar-refractivity contribution < 1.29 is 9.84 Å². The van der Waals surface area contributed by atoms with Crippen LogP contribution in [-0.4, -0.2) is 48.9 Å². The minimum absolute atomic E-state index is 0.137. The molecule has 0 spiro atoms. The minimum Gasteiger partial charge on any atom is -0.493 e. The highest BCUT2D eigenvalue weighted by molar-refractivity contribution is 5.80. The fraction of sp³-hybridized carbons (Fsp3) is 0.379. The van der Waals surface area contributed by atoms with Gasteiger partial charge in [-0.2, -0.15) is 0 Å². The van der Waals surface area contributed by atoms with Gasteiger partial charge in [-0.05, 0) is 83.8 Å². The van der Waals surface area contributed by atoms with Crippen molar-refractivity contribution in [3.05, 3.63) is 76.9 Å². The van der Waals surface area contributed by atoms with Crippen LogP contribution in [0.5, 0.6) is 5.75 Å². The Hall–Kier alpha value is -2.66. The van der Waals surface area contributed by atoms with E-state index in [-0.39, 0.29) is 6.10 Å². The average molecular weight is 443 g/mol. The molecule has 2 aliphatic rings. The van der Waals surface area contributed by atoms with Crippen molar-refractivity contribution in [2.45, 2.75) is 39.3 Å². The Balaban J connectivity index is 1.36. The van der Waals surface area contributed by atoms with Crippen LogP contribution in [-0.2, 0) is 13.0 Å². The van der Waals surface area contributed by atoms with Gasteiger partial charge in [-0.15, -0.1) is 0 Å². The summed E-state index contributed by atoms with van der Waals surface area (Å²) in [6.07, 6.45) is 1.93. The van der Waals surface area contributed by atoms with E-state index in [4.69, 9.17) is 4.74 Å². The number of ether oxygens (including phenoxy) is 1. The number of aliphatic hydroxyl groups excluding tert-OH is 1. The quantitative estimate of drug-likeness (QED) is 0.520. The van der Waals surface area contributed by atoms with Crippen molar-refractivity contribution in [3.63, 3.8) is 0 Å². The third-order valence-electron chi connectivity index (χ3n) is 7.13. The van der Waals surface area contributed by atoms with E-state index in [1.165, 1.54) is 44.5 Å². The number of β-amino-alcohol motifs (C(OH)–C–C–N with tert-alkyl or cyclic N) is 1. The first-order chi connectivity index (χ1) is 16.1. The molecule has 2 heterocycles. The summed E-state index contributed by atoms with van der Waals surface area (Å²) in [4.78, 5) is 2.27. The van der Waals surface area contributed by atoms with E-state index in [1.54, 1.807) is 0 Å². The summed E-state index contributed by atoms with van der Waals surface area (Å²) in [6, 6.07) is 19.9. The molecule has 2 aliphatic heterocycles. The molecule has 1 fully saturated rings. The monoisotopic (exact) mass is 442 g/mol. The van der Waals surface area contributed by atoms with Crippen molar-refractivity contribution in [2.24, 2.45) is 0 Å². The molecule has 0 radical (unpaired) electrons. The second kappa shape index (κ2) is 9.68.